The number of hydrogen-bond donors (Lipinski definition) is 2. The predicted molar refractivity (Wildman–Crippen MR) is 120 cm³/mol. The van der Waals surface area contributed by atoms with Crippen LogP contribution in [0.2, 0.25) is 0 Å². The van der Waals surface area contributed by atoms with E-state index in [1.165, 1.54) is 6.07 Å². The number of H-pyrrole nitrogens is 1. The molecule has 170 valence electrons. The van der Waals surface area contributed by atoms with Crippen LogP contribution in [0.1, 0.15) is 36.5 Å². The largest absolute Gasteiger partial charge is 0.473 e. The minimum absolute atomic E-state index is 0.202. The molecule has 33 heavy (non-hydrogen) atoms. The predicted octanol–water partition coefficient (Wildman–Crippen LogP) is 4.45. The molecule has 2 heterocycles. The first kappa shape index (κ1) is 22.3. The quantitative estimate of drug-likeness (QED) is 0.386. The highest BCUT2D eigenvalue weighted by Gasteiger charge is 2.17. The van der Waals surface area contributed by atoms with E-state index >= 15 is 0 Å². The van der Waals surface area contributed by atoms with Gasteiger partial charge in [-0.15, -0.1) is 0 Å². The summed E-state index contributed by atoms with van der Waals surface area (Å²) in [6, 6.07) is 8.46. The molecule has 0 atom stereocenters. The maximum atomic E-state index is 13.9. The normalized spacial score (nSPS) is 11.2. The fraction of sp³-hybridized carbons (Fsp3) is 0.250. The number of amides is 1. The van der Waals surface area contributed by atoms with Crippen molar-refractivity contribution in [2.24, 2.45) is 0 Å². The van der Waals surface area contributed by atoms with E-state index in [4.69, 9.17) is 4.74 Å². The van der Waals surface area contributed by atoms with Crippen LogP contribution in [0.15, 0.2) is 48.8 Å². The van der Waals surface area contributed by atoms with Crippen molar-refractivity contribution in [1.82, 2.24) is 25.3 Å². The summed E-state index contributed by atoms with van der Waals surface area (Å²) in [7, 11) is 0. The molecule has 4 aromatic rings. The van der Waals surface area contributed by atoms with Crippen LogP contribution in [0.5, 0.6) is 5.88 Å². The molecule has 0 bridgehead atoms. The lowest BCUT2D eigenvalue weighted by atomic mass is 10.1. The minimum Gasteiger partial charge on any atom is -0.473 e. The Labute approximate surface area is 189 Å². The Morgan fingerprint density at radius 3 is 2.67 bits per heavy atom. The van der Waals surface area contributed by atoms with Crippen molar-refractivity contribution in [2.75, 3.05) is 6.54 Å². The van der Waals surface area contributed by atoms with Crippen LogP contribution < -0.4 is 10.1 Å². The van der Waals surface area contributed by atoms with Crippen molar-refractivity contribution < 1.29 is 18.3 Å². The molecule has 0 fully saturated rings. The summed E-state index contributed by atoms with van der Waals surface area (Å²) in [6.45, 7) is 4.16. The minimum atomic E-state index is -0.993. The molecule has 1 amide bonds. The first-order chi connectivity index (χ1) is 15.9. The Bertz CT molecular complexity index is 1280. The van der Waals surface area contributed by atoms with Gasteiger partial charge in [-0.2, -0.15) is 0 Å². The number of aryl methyl sites for hydroxylation is 1. The van der Waals surface area contributed by atoms with Crippen LogP contribution >= 0.6 is 0 Å². The average Bonchev–Trinajstić information content (AvgIpc) is 3.31. The third-order valence-electron chi connectivity index (χ3n) is 4.87. The van der Waals surface area contributed by atoms with Crippen LogP contribution in [-0.4, -0.2) is 38.5 Å². The number of hydrogen-bond acceptors (Lipinski definition) is 5. The lowest BCUT2D eigenvalue weighted by Gasteiger charge is -2.14. The summed E-state index contributed by atoms with van der Waals surface area (Å²) in [5, 5.41) is 2.88. The number of nitrogens with one attached hydrogen (secondary N) is 2. The zero-order valence-corrected chi connectivity index (χ0v) is 18.2. The van der Waals surface area contributed by atoms with Crippen LogP contribution in [0.3, 0.4) is 0 Å². The molecule has 4 rings (SSSR count). The lowest BCUT2D eigenvalue weighted by molar-refractivity contribution is 0.0953. The Morgan fingerprint density at radius 2 is 1.94 bits per heavy atom. The molecule has 2 N–H and O–H groups in total. The van der Waals surface area contributed by atoms with Gasteiger partial charge in [-0.05, 0) is 56.7 Å². The number of nitrogens with zero attached hydrogens (tertiary/aromatic N) is 3. The molecule has 7 nitrogen and oxygen atoms in total. The van der Waals surface area contributed by atoms with Crippen molar-refractivity contribution in [3.05, 3.63) is 71.8 Å². The smallest absolute Gasteiger partial charge is 0.251 e. The van der Waals surface area contributed by atoms with E-state index in [1.807, 2.05) is 13.8 Å². The highest BCUT2D eigenvalue weighted by atomic mass is 19.2. The number of carbonyl (C=O) groups is 1. The Kier molecular flexibility index (Phi) is 6.58. The second-order valence-corrected chi connectivity index (χ2v) is 7.77. The van der Waals surface area contributed by atoms with Gasteiger partial charge in [0.1, 0.15) is 11.5 Å². The van der Waals surface area contributed by atoms with Crippen molar-refractivity contribution in [1.29, 1.82) is 0 Å². The summed E-state index contributed by atoms with van der Waals surface area (Å²) in [6.07, 6.45) is 4.72. The first-order valence-electron chi connectivity index (χ1n) is 10.6. The summed E-state index contributed by atoms with van der Waals surface area (Å²) in [4.78, 5) is 28.9. The molecule has 0 unspecified atom stereocenters. The number of ether oxygens (including phenoxy) is 1. The lowest BCUT2D eigenvalue weighted by Crippen LogP contribution is -2.24. The molecular weight excluding hydrogens is 428 g/mol. The molecule has 0 radical (unpaired) electrons. The van der Waals surface area contributed by atoms with E-state index in [0.29, 0.717) is 28.7 Å². The van der Waals surface area contributed by atoms with Gasteiger partial charge in [-0.1, -0.05) is 0 Å². The van der Waals surface area contributed by atoms with Gasteiger partial charge in [0.25, 0.3) is 5.91 Å². The molecule has 0 aliphatic heterocycles. The molecular formula is C24H23F2N5O2. The number of fused-ring (bicyclic) bond motifs is 1. The Hall–Kier alpha value is -3.88. The topological polar surface area (TPSA) is 92.8 Å². The average molecular weight is 451 g/mol. The van der Waals surface area contributed by atoms with E-state index in [0.717, 1.165) is 30.8 Å². The third-order valence-corrected chi connectivity index (χ3v) is 4.87. The third kappa shape index (κ3) is 5.31. The fourth-order valence-corrected chi connectivity index (χ4v) is 3.31. The van der Waals surface area contributed by atoms with Gasteiger partial charge in [0, 0.05) is 36.5 Å². The Morgan fingerprint density at radius 1 is 1.09 bits per heavy atom. The van der Waals surface area contributed by atoms with E-state index in [1.54, 1.807) is 30.6 Å². The molecule has 2 aromatic carbocycles. The van der Waals surface area contributed by atoms with Gasteiger partial charge in [-0.3, -0.25) is 4.79 Å². The van der Waals surface area contributed by atoms with Crippen molar-refractivity contribution in [2.45, 2.75) is 32.8 Å². The number of aromatic amines is 1. The number of aromatic nitrogens is 4. The number of imidazole rings is 1. The van der Waals surface area contributed by atoms with Crippen molar-refractivity contribution in [3.63, 3.8) is 0 Å². The van der Waals surface area contributed by atoms with Crippen LogP contribution in [0.4, 0.5) is 8.78 Å². The molecule has 0 saturated heterocycles. The van der Waals surface area contributed by atoms with E-state index in [9.17, 15) is 13.6 Å². The molecule has 0 aliphatic rings. The maximum Gasteiger partial charge on any atom is 0.251 e. The van der Waals surface area contributed by atoms with Gasteiger partial charge < -0.3 is 15.0 Å². The maximum absolute atomic E-state index is 13.9. The zero-order chi connectivity index (χ0) is 23.4. The zero-order valence-electron chi connectivity index (χ0n) is 18.2. The van der Waals surface area contributed by atoms with Crippen molar-refractivity contribution in [3.8, 4) is 17.1 Å². The van der Waals surface area contributed by atoms with E-state index in [2.05, 4.69) is 25.3 Å². The standard InChI is InChI=1S/C24H23F2N5O2/c1-14(2)33-24-22(15-5-7-17(25)18(26)12-15)30-20-13-16(6-8-19(20)31-24)23(32)29-9-3-4-21-27-10-11-28-21/h5-8,10-14H,3-4,9H2,1-2H3,(H,27,28)(H,29,32). The Balaban J connectivity index is 1.59. The number of carbonyl (C=O) groups excluding carboxylic acids is 1. The number of benzene rings is 2. The van der Waals surface area contributed by atoms with Gasteiger partial charge in [0.05, 0.1) is 17.1 Å². The first-order valence-corrected chi connectivity index (χ1v) is 10.6. The number of halogens is 2. The summed E-state index contributed by atoms with van der Waals surface area (Å²) in [5.41, 5.74) is 1.97. The molecule has 0 aliphatic carbocycles. The van der Waals surface area contributed by atoms with Gasteiger partial charge in [0.2, 0.25) is 5.88 Å². The molecule has 9 heteroatoms. The van der Waals surface area contributed by atoms with E-state index < -0.39 is 11.6 Å². The van der Waals surface area contributed by atoms with E-state index in [-0.39, 0.29) is 23.6 Å². The van der Waals surface area contributed by atoms with Crippen molar-refractivity contribution >= 4 is 16.9 Å². The summed E-state index contributed by atoms with van der Waals surface area (Å²) in [5.74, 6) is -1.11. The van der Waals surface area contributed by atoms with Gasteiger partial charge >= 0.3 is 0 Å². The summed E-state index contributed by atoms with van der Waals surface area (Å²) < 4.78 is 33.1. The highest BCUT2D eigenvalue weighted by molar-refractivity contribution is 5.97. The molecule has 0 spiro atoms. The second kappa shape index (κ2) is 9.72. The van der Waals surface area contributed by atoms with Gasteiger partial charge in [0.15, 0.2) is 11.6 Å². The monoisotopic (exact) mass is 451 g/mol. The summed E-state index contributed by atoms with van der Waals surface area (Å²) >= 11 is 0. The molecule has 0 saturated carbocycles. The fourth-order valence-electron chi connectivity index (χ4n) is 3.31. The number of rotatable bonds is 8. The van der Waals surface area contributed by atoms with Crippen LogP contribution in [0, 0.1) is 11.6 Å². The SMILES string of the molecule is CC(C)Oc1nc2ccc(C(=O)NCCCc3ncc[nH]3)cc2nc1-c1ccc(F)c(F)c1. The van der Waals surface area contributed by atoms with Crippen LogP contribution in [-0.2, 0) is 6.42 Å². The highest BCUT2D eigenvalue weighted by Crippen LogP contribution is 2.30. The second-order valence-electron chi connectivity index (χ2n) is 7.77. The molecule has 2 aromatic heterocycles. The van der Waals surface area contributed by atoms with Crippen LogP contribution in [0.25, 0.3) is 22.3 Å². The van der Waals surface area contributed by atoms with Gasteiger partial charge in [-0.25, -0.2) is 23.7 Å².